The number of hydrogen-bond acceptors (Lipinski definition) is 4. The molecule has 3 aromatic rings. The van der Waals surface area contributed by atoms with Crippen LogP contribution in [0.5, 0.6) is 5.75 Å². The molecule has 168 valence electrons. The van der Waals surface area contributed by atoms with Gasteiger partial charge in [-0.1, -0.05) is 29.8 Å². The quantitative estimate of drug-likeness (QED) is 0.489. The Kier molecular flexibility index (Phi) is 6.65. The highest BCUT2D eigenvalue weighted by Gasteiger charge is 2.33. The molecule has 3 aromatic carbocycles. The number of hydrogen-bond donors (Lipinski definition) is 2. The number of ether oxygens (including phenoxy) is 1. The Bertz CT molecular complexity index is 1250. The Balaban J connectivity index is 1.92. The first kappa shape index (κ1) is 23.4. The van der Waals surface area contributed by atoms with Crippen molar-refractivity contribution in [1.29, 1.82) is 0 Å². The van der Waals surface area contributed by atoms with Gasteiger partial charge in [-0.2, -0.15) is 13.2 Å². The van der Waals surface area contributed by atoms with Crippen LogP contribution in [-0.2, 0) is 16.2 Å². The van der Waals surface area contributed by atoms with E-state index in [1.54, 1.807) is 30.3 Å². The van der Waals surface area contributed by atoms with Crippen LogP contribution >= 0.6 is 11.6 Å². The molecule has 0 fully saturated rings. The normalized spacial score (nSPS) is 11.7. The third kappa shape index (κ3) is 5.32. The molecule has 3 rings (SSSR count). The molecule has 0 aliphatic heterocycles. The van der Waals surface area contributed by atoms with Crippen LogP contribution in [0, 0.1) is 0 Å². The monoisotopic (exact) mass is 484 g/mol. The van der Waals surface area contributed by atoms with Gasteiger partial charge in [0.05, 0.1) is 28.3 Å². The number of carbonyl (C=O) groups excluding carboxylic acids is 1. The number of nitrogens with one attached hydrogen (secondary N) is 2. The van der Waals surface area contributed by atoms with Crippen LogP contribution in [0.25, 0.3) is 0 Å². The topological polar surface area (TPSA) is 84.5 Å². The standard InChI is InChI=1S/C21H16ClF3N2O4S/c1-31-19-10-8-15(12-18(19)26-20(28)13-5-3-2-4-6-13)32(29,30)27-14-7-9-17(22)16(11-14)21(23,24)25/h2-12,27H,1H3,(H,26,28). The Morgan fingerprint density at radius 2 is 1.69 bits per heavy atom. The molecular formula is C21H16ClF3N2O4S. The summed E-state index contributed by atoms with van der Waals surface area (Å²) in [6.45, 7) is 0. The lowest BCUT2D eigenvalue weighted by Crippen LogP contribution is -2.16. The smallest absolute Gasteiger partial charge is 0.417 e. The summed E-state index contributed by atoms with van der Waals surface area (Å²) in [6.07, 6.45) is -4.76. The number of carbonyl (C=O) groups is 1. The van der Waals surface area contributed by atoms with Crippen molar-refractivity contribution in [1.82, 2.24) is 0 Å². The summed E-state index contributed by atoms with van der Waals surface area (Å²) in [5.41, 5.74) is -1.10. The van der Waals surface area contributed by atoms with Crippen LogP contribution in [0.1, 0.15) is 15.9 Å². The Morgan fingerprint density at radius 1 is 1.00 bits per heavy atom. The molecule has 11 heteroatoms. The lowest BCUT2D eigenvalue weighted by atomic mass is 10.2. The van der Waals surface area contributed by atoms with Crippen LogP contribution < -0.4 is 14.8 Å². The molecule has 0 spiro atoms. The van der Waals surface area contributed by atoms with Gasteiger partial charge in [-0.15, -0.1) is 0 Å². The summed E-state index contributed by atoms with van der Waals surface area (Å²) in [5, 5.41) is 2.01. The number of sulfonamides is 1. The highest BCUT2D eigenvalue weighted by atomic mass is 35.5. The van der Waals surface area contributed by atoms with Crippen molar-refractivity contribution in [3.8, 4) is 5.75 Å². The van der Waals surface area contributed by atoms with Gasteiger partial charge in [-0.3, -0.25) is 9.52 Å². The van der Waals surface area contributed by atoms with Crippen molar-refractivity contribution in [2.24, 2.45) is 0 Å². The first-order chi connectivity index (χ1) is 15.0. The summed E-state index contributed by atoms with van der Waals surface area (Å²) < 4.78 is 72.0. The molecule has 0 aliphatic rings. The lowest BCUT2D eigenvalue weighted by Gasteiger charge is -2.15. The second-order valence-electron chi connectivity index (χ2n) is 6.48. The Labute approximate surface area is 187 Å². The van der Waals surface area contributed by atoms with E-state index in [1.807, 2.05) is 0 Å². The highest BCUT2D eigenvalue weighted by Crippen LogP contribution is 2.37. The van der Waals surface area contributed by atoms with Gasteiger partial charge in [-0.25, -0.2) is 8.42 Å². The summed E-state index contributed by atoms with van der Waals surface area (Å²) in [7, 11) is -2.96. The maximum absolute atomic E-state index is 13.1. The molecule has 0 aromatic heterocycles. The van der Waals surface area contributed by atoms with E-state index in [4.69, 9.17) is 16.3 Å². The van der Waals surface area contributed by atoms with Crippen molar-refractivity contribution in [2.45, 2.75) is 11.1 Å². The van der Waals surface area contributed by atoms with Crippen molar-refractivity contribution < 1.29 is 31.1 Å². The van der Waals surface area contributed by atoms with Crippen LogP contribution in [0.15, 0.2) is 71.6 Å². The maximum atomic E-state index is 13.1. The fourth-order valence-electron chi connectivity index (χ4n) is 2.76. The zero-order valence-corrected chi connectivity index (χ0v) is 18.0. The van der Waals surface area contributed by atoms with E-state index in [2.05, 4.69) is 10.0 Å². The molecule has 0 heterocycles. The van der Waals surface area contributed by atoms with Crippen molar-refractivity contribution in [2.75, 3.05) is 17.1 Å². The van der Waals surface area contributed by atoms with Gasteiger partial charge in [-0.05, 0) is 48.5 Å². The molecule has 0 aliphatic carbocycles. The van der Waals surface area contributed by atoms with Gasteiger partial charge >= 0.3 is 6.18 Å². The third-order valence-electron chi connectivity index (χ3n) is 4.29. The molecule has 0 atom stereocenters. The minimum absolute atomic E-state index is 0.0660. The second-order valence-corrected chi connectivity index (χ2v) is 8.57. The van der Waals surface area contributed by atoms with E-state index in [-0.39, 0.29) is 22.0 Å². The molecule has 0 saturated carbocycles. The number of alkyl halides is 3. The second kappa shape index (κ2) is 9.09. The third-order valence-corrected chi connectivity index (χ3v) is 6.00. The summed E-state index contributed by atoms with van der Waals surface area (Å²) >= 11 is 5.57. The van der Waals surface area contributed by atoms with E-state index in [9.17, 15) is 26.4 Å². The number of amides is 1. The van der Waals surface area contributed by atoms with E-state index >= 15 is 0 Å². The van der Waals surface area contributed by atoms with Crippen LogP contribution in [0.4, 0.5) is 24.5 Å². The van der Waals surface area contributed by atoms with E-state index in [0.717, 1.165) is 18.2 Å². The molecule has 1 amide bonds. The Morgan fingerprint density at radius 3 is 2.31 bits per heavy atom. The SMILES string of the molecule is COc1ccc(S(=O)(=O)Nc2ccc(Cl)c(C(F)(F)F)c2)cc1NC(=O)c1ccccc1. The predicted octanol–water partition coefficient (Wildman–Crippen LogP) is 5.42. The van der Waals surface area contributed by atoms with Crippen LogP contribution in [0.2, 0.25) is 5.02 Å². The molecule has 0 bridgehead atoms. The fraction of sp³-hybridized carbons (Fsp3) is 0.0952. The maximum Gasteiger partial charge on any atom is 0.417 e. The predicted molar refractivity (Wildman–Crippen MR) is 115 cm³/mol. The summed E-state index contributed by atoms with van der Waals surface area (Å²) in [6, 6.07) is 14.5. The molecule has 0 radical (unpaired) electrons. The molecule has 6 nitrogen and oxygen atoms in total. The average molecular weight is 485 g/mol. The summed E-state index contributed by atoms with van der Waals surface area (Å²) in [5.74, 6) is -0.307. The van der Waals surface area contributed by atoms with E-state index in [1.165, 1.54) is 19.2 Å². The van der Waals surface area contributed by atoms with Crippen molar-refractivity contribution in [3.05, 3.63) is 82.9 Å². The molecule has 32 heavy (non-hydrogen) atoms. The zero-order chi connectivity index (χ0) is 23.5. The van der Waals surface area contributed by atoms with Gasteiger partial charge in [0.2, 0.25) is 0 Å². The van der Waals surface area contributed by atoms with Gasteiger partial charge in [0.25, 0.3) is 15.9 Å². The number of halogens is 4. The number of methoxy groups -OCH3 is 1. The minimum Gasteiger partial charge on any atom is -0.495 e. The van der Waals surface area contributed by atoms with E-state index < -0.39 is 32.7 Å². The van der Waals surface area contributed by atoms with Gasteiger partial charge in [0, 0.05) is 11.3 Å². The van der Waals surface area contributed by atoms with Gasteiger partial charge in [0.1, 0.15) is 5.75 Å². The van der Waals surface area contributed by atoms with Crippen molar-refractivity contribution in [3.63, 3.8) is 0 Å². The Hall–Kier alpha value is -3.24. The van der Waals surface area contributed by atoms with Gasteiger partial charge in [0.15, 0.2) is 0 Å². The number of benzene rings is 3. The van der Waals surface area contributed by atoms with Crippen molar-refractivity contribution >= 4 is 38.9 Å². The molecular weight excluding hydrogens is 469 g/mol. The van der Waals surface area contributed by atoms with E-state index in [0.29, 0.717) is 11.6 Å². The first-order valence-electron chi connectivity index (χ1n) is 8.95. The largest absolute Gasteiger partial charge is 0.495 e. The first-order valence-corrected chi connectivity index (χ1v) is 10.8. The number of rotatable bonds is 6. The zero-order valence-electron chi connectivity index (χ0n) is 16.4. The highest BCUT2D eigenvalue weighted by molar-refractivity contribution is 7.92. The molecule has 0 unspecified atom stereocenters. The minimum atomic E-state index is -4.76. The van der Waals surface area contributed by atoms with Gasteiger partial charge < -0.3 is 10.1 Å². The van der Waals surface area contributed by atoms with Crippen LogP contribution in [-0.4, -0.2) is 21.4 Å². The van der Waals surface area contributed by atoms with Crippen LogP contribution in [0.3, 0.4) is 0 Å². The molecule has 0 saturated heterocycles. The molecule has 2 N–H and O–H groups in total. The average Bonchev–Trinajstić information content (AvgIpc) is 2.74. The lowest BCUT2D eigenvalue weighted by molar-refractivity contribution is -0.137. The fourth-order valence-corrected chi connectivity index (χ4v) is 4.06. The number of anilines is 2. The summed E-state index contributed by atoms with van der Waals surface area (Å²) in [4.78, 5) is 12.1.